The molecule has 3 rings (SSSR count). The molecule has 3 unspecified atom stereocenters. The van der Waals surface area contributed by atoms with Gasteiger partial charge in [0.2, 0.25) is 5.91 Å². The fourth-order valence-electron chi connectivity index (χ4n) is 3.41. The second-order valence-electron chi connectivity index (χ2n) is 6.49. The van der Waals surface area contributed by atoms with E-state index >= 15 is 0 Å². The minimum Gasteiger partial charge on any atom is -0.391 e. The monoisotopic (exact) mass is 393 g/mol. The minimum absolute atomic E-state index is 0. The first-order valence-electron chi connectivity index (χ1n) is 8.28. The number of nitrogens with zero attached hydrogens (tertiary/aromatic N) is 1. The Kier molecular flexibility index (Phi) is 9.10. The summed E-state index contributed by atoms with van der Waals surface area (Å²) in [4.78, 5) is 14.6. The molecule has 0 aromatic heterocycles. The summed E-state index contributed by atoms with van der Waals surface area (Å²) in [5.74, 6) is -0.122. The standard InChI is InChI=1S/C17H24FN3O2.2ClH/c18-14-5-3-12(4-6-14)11-21-7-1-2-15(21)17(23)20-9-13-8-19-10-16(13)22;;/h3-6,13,15-16,19,22H,1-2,7-11H2,(H,20,23);2*1H. The Labute approximate surface area is 160 Å². The van der Waals surface area contributed by atoms with Crippen LogP contribution in [-0.2, 0) is 11.3 Å². The number of carbonyl (C=O) groups excluding carboxylic acids is 1. The van der Waals surface area contributed by atoms with Crippen molar-refractivity contribution in [1.29, 1.82) is 0 Å². The zero-order chi connectivity index (χ0) is 16.2. The topological polar surface area (TPSA) is 64.6 Å². The highest BCUT2D eigenvalue weighted by atomic mass is 35.5. The molecule has 0 aliphatic carbocycles. The normalized spacial score (nSPS) is 25.9. The number of benzene rings is 1. The van der Waals surface area contributed by atoms with Crippen molar-refractivity contribution >= 4 is 30.7 Å². The number of likely N-dealkylation sites (tertiary alicyclic amines) is 1. The van der Waals surface area contributed by atoms with Gasteiger partial charge in [0.1, 0.15) is 5.82 Å². The lowest BCUT2D eigenvalue weighted by atomic mass is 10.1. The van der Waals surface area contributed by atoms with Crippen molar-refractivity contribution in [3.8, 4) is 0 Å². The van der Waals surface area contributed by atoms with Crippen molar-refractivity contribution in [2.75, 3.05) is 26.2 Å². The van der Waals surface area contributed by atoms with Crippen molar-refractivity contribution in [3.05, 3.63) is 35.6 Å². The first kappa shape index (κ1) is 22.1. The van der Waals surface area contributed by atoms with Crippen LogP contribution in [0.3, 0.4) is 0 Å². The molecule has 0 bridgehead atoms. The van der Waals surface area contributed by atoms with Gasteiger partial charge in [-0.25, -0.2) is 4.39 Å². The molecule has 5 nitrogen and oxygen atoms in total. The number of carbonyl (C=O) groups is 1. The first-order valence-corrected chi connectivity index (χ1v) is 8.28. The van der Waals surface area contributed by atoms with Crippen molar-refractivity contribution in [3.63, 3.8) is 0 Å². The van der Waals surface area contributed by atoms with Crippen molar-refractivity contribution in [2.45, 2.75) is 31.5 Å². The van der Waals surface area contributed by atoms with E-state index in [1.807, 2.05) is 0 Å². The second-order valence-corrected chi connectivity index (χ2v) is 6.49. The van der Waals surface area contributed by atoms with Crippen LogP contribution in [0.4, 0.5) is 4.39 Å². The highest BCUT2D eigenvalue weighted by Gasteiger charge is 2.32. The molecule has 2 aliphatic heterocycles. The van der Waals surface area contributed by atoms with Gasteiger partial charge in [-0.15, -0.1) is 24.8 Å². The van der Waals surface area contributed by atoms with Crippen LogP contribution >= 0.6 is 24.8 Å². The van der Waals surface area contributed by atoms with E-state index in [1.54, 1.807) is 12.1 Å². The van der Waals surface area contributed by atoms with E-state index in [4.69, 9.17) is 0 Å². The Morgan fingerprint density at radius 3 is 2.64 bits per heavy atom. The molecular formula is C17H26Cl2FN3O2. The molecular weight excluding hydrogens is 368 g/mol. The summed E-state index contributed by atoms with van der Waals surface area (Å²) >= 11 is 0. The van der Waals surface area contributed by atoms with Crippen LogP contribution in [0.1, 0.15) is 18.4 Å². The third-order valence-corrected chi connectivity index (χ3v) is 4.81. The highest BCUT2D eigenvalue weighted by Crippen LogP contribution is 2.20. The lowest BCUT2D eigenvalue weighted by molar-refractivity contribution is -0.125. The Hall–Kier alpha value is -0.920. The van der Waals surface area contributed by atoms with Crippen LogP contribution in [0.5, 0.6) is 0 Å². The third-order valence-electron chi connectivity index (χ3n) is 4.81. The van der Waals surface area contributed by atoms with Gasteiger partial charge in [-0.05, 0) is 37.1 Å². The maximum atomic E-state index is 13.0. The molecule has 1 aromatic rings. The molecule has 1 aromatic carbocycles. The molecule has 0 spiro atoms. The van der Waals surface area contributed by atoms with Gasteiger partial charge >= 0.3 is 0 Å². The predicted octanol–water partition coefficient (Wildman–Crippen LogP) is 1.33. The van der Waals surface area contributed by atoms with Crippen LogP contribution in [0, 0.1) is 11.7 Å². The summed E-state index contributed by atoms with van der Waals surface area (Å²) in [5.41, 5.74) is 1.02. The predicted molar refractivity (Wildman–Crippen MR) is 99.7 cm³/mol. The Balaban J connectivity index is 0.00000156. The summed E-state index contributed by atoms with van der Waals surface area (Å²) in [6, 6.07) is 6.31. The van der Waals surface area contributed by atoms with E-state index in [1.165, 1.54) is 12.1 Å². The van der Waals surface area contributed by atoms with Crippen molar-refractivity contribution in [2.24, 2.45) is 5.92 Å². The second kappa shape index (κ2) is 10.3. The molecule has 2 fully saturated rings. The van der Waals surface area contributed by atoms with Crippen LogP contribution in [0.25, 0.3) is 0 Å². The highest BCUT2D eigenvalue weighted by molar-refractivity contribution is 5.85. The molecule has 3 N–H and O–H groups in total. The number of β-amino-alcohol motifs (C(OH)–C–C–N with tert-alkyl or cyclic N) is 1. The molecule has 142 valence electrons. The minimum atomic E-state index is -0.380. The fraction of sp³-hybridized carbons (Fsp3) is 0.588. The molecule has 0 radical (unpaired) electrons. The smallest absolute Gasteiger partial charge is 0.237 e. The van der Waals surface area contributed by atoms with Gasteiger partial charge in [0, 0.05) is 32.1 Å². The summed E-state index contributed by atoms with van der Waals surface area (Å²) in [5, 5.41) is 15.9. The van der Waals surface area contributed by atoms with E-state index < -0.39 is 0 Å². The zero-order valence-electron chi connectivity index (χ0n) is 14.0. The van der Waals surface area contributed by atoms with Crippen molar-refractivity contribution in [1.82, 2.24) is 15.5 Å². The number of aliphatic hydroxyl groups is 1. The van der Waals surface area contributed by atoms with Gasteiger partial charge in [-0.3, -0.25) is 9.69 Å². The van der Waals surface area contributed by atoms with Gasteiger partial charge in [-0.2, -0.15) is 0 Å². The van der Waals surface area contributed by atoms with Crippen LogP contribution in [-0.4, -0.2) is 54.2 Å². The number of amides is 1. The van der Waals surface area contributed by atoms with Crippen LogP contribution < -0.4 is 10.6 Å². The first-order chi connectivity index (χ1) is 11.1. The number of rotatable bonds is 5. The van der Waals surface area contributed by atoms with Crippen LogP contribution in [0.2, 0.25) is 0 Å². The lowest BCUT2D eigenvalue weighted by Crippen LogP contribution is -2.45. The Bertz CT molecular complexity index is 547. The fourth-order valence-corrected chi connectivity index (χ4v) is 3.41. The number of aliphatic hydroxyl groups excluding tert-OH is 1. The van der Waals surface area contributed by atoms with E-state index in [0.717, 1.165) is 31.5 Å². The molecule has 25 heavy (non-hydrogen) atoms. The molecule has 2 aliphatic rings. The van der Waals surface area contributed by atoms with Gasteiger partial charge in [-0.1, -0.05) is 12.1 Å². The maximum absolute atomic E-state index is 13.0. The quantitative estimate of drug-likeness (QED) is 0.705. The summed E-state index contributed by atoms with van der Waals surface area (Å²) < 4.78 is 13.0. The summed E-state index contributed by atoms with van der Waals surface area (Å²) in [7, 11) is 0. The third kappa shape index (κ3) is 5.79. The summed E-state index contributed by atoms with van der Waals surface area (Å²) in [6.45, 7) is 3.38. The van der Waals surface area contributed by atoms with E-state index in [9.17, 15) is 14.3 Å². The van der Waals surface area contributed by atoms with Gasteiger partial charge in [0.25, 0.3) is 0 Å². The molecule has 1 amide bonds. The number of nitrogens with one attached hydrogen (secondary N) is 2. The average Bonchev–Trinajstić information content (AvgIpc) is 3.16. The molecule has 8 heteroatoms. The molecule has 2 heterocycles. The molecule has 2 saturated heterocycles. The number of hydrogen-bond acceptors (Lipinski definition) is 4. The average molecular weight is 394 g/mol. The molecule has 0 saturated carbocycles. The maximum Gasteiger partial charge on any atom is 0.237 e. The van der Waals surface area contributed by atoms with Gasteiger partial charge < -0.3 is 15.7 Å². The molecule has 3 atom stereocenters. The Morgan fingerprint density at radius 2 is 2.00 bits per heavy atom. The van der Waals surface area contributed by atoms with Crippen molar-refractivity contribution < 1.29 is 14.3 Å². The Morgan fingerprint density at radius 1 is 1.28 bits per heavy atom. The summed E-state index contributed by atoms with van der Waals surface area (Å²) in [6.07, 6.45) is 1.46. The zero-order valence-corrected chi connectivity index (χ0v) is 15.6. The van der Waals surface area contributed by atoms with Gasteiger partial charge in [0.05, 0.1) is 12.1 Å². The van der Waals surface area contributed by atoms with E-state index in [2.05, 4.69) is 15.5 Å². The number of halogens is 3. The van der Waals surface area contributed by atoms with Crippen LogP contribution in [0.15, 0.2) is 24.3 Å². The SMILES string of the molecule is Cl.Cl.O=C(NCC1CNCC1O)C1CCCN1Cc1ccc(F)cc1. The lowest BCUT2D eigenvalue weighted by Gasteiger charge is -2.24. The van der Waals surface area contributed by atoms with Gasteiger partial charge in [0.15, 0.2) is 0 Å². The largest absolute Gasteiger partial charge is 0.391 e. The number of hydrogen-bond donors (Lipinski definition) is 3. The van der Waals surface area contributed by atoms with E-state index in [0.29, 0.717) is 19.6 Å². The van der Waals surface area contributed by atoms with E-state index in [-0.39, 0.29) is 54.6 Å².